The van der Waals surface area contributed by atoms with Gasteiger partial charge >= 0.3 is 0 Å². The van der Waals surface area contributed by atoms with Crippen LogP contribution in [-0.2, 0) is 16.4 Å². The summed E-state index contributed by atoms with van der Waals surface area (Å²) in [4.78, 5) is 2.25. The molecular weight excluding hydrogens is 316 g/mol. The molecule has 0 amide bonds. The molecule has 1 aliphatic heterocycles. The van der Waals surface area contributed by atoms with E-state index in [1.165, 1.54) is 22.6 Å². The molecule has 0 aliphatic carbocycles. The summed E-state index contributed by atoms with van der Waals surface area (Å²) in [5, 5.41) is 1.80. The van der Waals surface area contributed by atoms with E-state index in [2.05, 4.69) is 36.1 Å². The van der Waals surface area contributed by atoms with Gasteiger partial charge in [0.25, 0.3) is 10.0 Å². The first kappa shape index (κ1) is 15.5. The lowest BCUT2D eigenvalue weighted by Crippen LogP contribution is -2.48. The number of thiophene rings is 1. The van der Waals surface area contributed by atoms with Crippen molar-refractivity contribution in [3.05, 3.63) is 47.3 Å². The first-order valence-electron chi connectivity index (χ1n) is 7.49. The van der Waals surface area contributed by atoms with E-state index < -0.39 is 10.0 Å². The lowest BCUT2D eigenvalue weighted by atomic mass is 10.1. The molecule has 1 aromatic carbocycles. The van der Waals surface area contributed by atoms with E-state index in [9.17, 15) is 8.42 Å². The smallest absolute Gasteiger partial charge is 0.252 e. The first-order valence-corrected chi connectivity index (χ1v) is 9.81. The molecule has 3 rings (SSSR count). The van der Waals surface area contributed by atoms with Crippen LogP contribution in [0.4, 0.5) is 5.69 Å². The Balaban J connectivity index is 1.67. The fourth-order valence-electron chi connectivity index (χ4n) is 2.67. The third-order valence-corrected chi connectivity index (χ3v) is 7.31. The van der Waals surface area contributed by atoms with Crippen molar-refractivity contribution in [2.75, 3.05) is 31.1 Å². The predicted octanol–water partition coefficient (Wildman–Crippen LogP) is 2.82. The average Bonchev–Trinajstić information content (AvgIpc) is 3.10. The van der Waals surface area contributed by atoms with Crippen molar-refractivity contribution in [2.24, 2.45) is 0 Å². The van der Waals surface area contributed by atoms with E-state index in [0.29, 0.717) is 17.3 Å². The zero-order valence-corrected chi connectivity index (χ0v) is 14.2. The fraction of sp³-hybridized carbons (Fsp3) is 0.375. The second-order valence-corrected chi connectivity index (χ2v) is 8.46. The van der Waals surface area contributed by atoms with Crippen LogP contribution < -0.4 is 4.90 Å². The summed E-state index contributed by atoms with van der Waals surface area (Å²) in [7, 11) is -3.31. The number of hydrogen-bond acceptors (Lipinski definition) is 4. The summed E-state index contributed by atoms with van der Waals surface area (Å²) >= 11 is 1.28. The minimum absolute atomic E-state index is 0.438. The highest BCUT2D eigenvalue weighted by Crippen LogP contribution is 2.24. The second-order valence-electron chi connectivity index (χ2n) is 5.34. The predicted molar refractivity (Wildman–Crippen MR) is 91.1 cm³/mol. The van der Waals surface area contributed by atoms with Crippen molar-refractivity contribution in [2.45, 2.75) is 17.6 Å². The molecule has 0 atom stereocenters. The highest BCUT2D eigenvalue weighted by Gasteiger charge is 2.29. The Morgan fingerprint density at radius 3 is 2.27 bits per heavy atom. The number of sulfonamides is 1. The van der Waals surface area contributed by atoms with Crippen molar-refractivity contribution < 1.29 is 8.42 Å². The van der Waals surface area contributed by atoms with E-state index in [0.717, 1.165) is 19.5 Å². The number of hydrogen-bond donors (Lipinski definition) is 0. The summed E-state index contributed by atoms with van der Waals surface area (Å²) in [6, 6.07) is 12.0. The van der Waals surface area contributed by atoms with Gasteiger partial charge in [0.1, 0.15) is 4.21 Å². The fourth-order valence-corrected chi connectivity index (χ4v) is 5.23. The number of nitrogens with zero attached hydrogens (tertiary/aromatic N) is 2. The monoisotopic (exact) mass is 336 g/mol. The van der Waals surface area contributed by atoms with Crippen LogP contribution in [0, 0.1) is 0 Å². The summed E-state index contributed by atoms with van der Waals surface area (Å²) in [5.74, 6) is 0. The van der Waals surface area contributed by atoms with Crippen molar-refractivity contribution in [3.63, 3.8) is 0 Å². The Morgan fingerprint density at radius 1 is 1.05 bits per heavy atom. The van der Waals surface area contributed by atoms with Crippen molar-refractivity contribution in [1.82, 2.24) is 4.31 Å². The quantitative estimate of drug-likeness (QED) is 0.862. The lowest BCUT2D eigenvalue weighted by molar-refractivity contribution is 0.386. The van der Waals surface area contributed by atoms with Gasteiger partial charge in [0.15, 0.2) is 0 Å². The van der Waals surface area contributed by atoms with Crippen LogP contribution in [0.25, 0.3) is 0 Å². The number of aryl methyl sites for hydroxylation is 1. The third-order valence-electron chi connectivity index (χ3n) is 4.04. The molecule has 118 valence electrons. The first-order chi connectivity index (χ1) is 10.6. The average molecular weight is 336 g/mol. The molecule has 1 saturated heterocycles. The number of rotatable bonds is 4. The molecule has 0 radical (unpaired) electrons. The molecule has 0 N–H and O–H groups in total. The van der Waals surface area contributed by atoms with E-state index in [4.69, 9.17) is 0 Å². The van der Waals surface area contributed by atoms with Gasteiger partial charge in [-0.25, -0.2) is 8.42 Å². The van der Waals surface area contributed by atoms with Gasteiger partial charge in [-0.2, -0.15) is 4.31 Å². The molecule has 1 fully saturated rings. The largest absolute Gasteiger partial charge is 0.369 e. The van der Waals surface area contributed by atoms with Gasteiger partial charge in [0, 0.05) is 31.9 Å². The Morgan fingerprint density at radius 2 is 1.73 bits per heavy atom. The Hall–Kier alpha value is -1.37. The molecule has 1 aromatic heterocycles. The van der Waals surface area contributed by atoms with Gasteiger partial charge in [-0.1, -0.05) is 25.1 Å². The van der Waals surface area contributed by atoms with Crippen LogP contribution in [0.1, 0.15) is 12.5 Å². The van der Waals surface area contributed by atoms with Crippen LogP contribution in [-0.4, -0.2) is 38.9 Å². The SMILES string of the molecule is CCc1ccc(N2CCN(S(=O)(=O)c3cccs3)CC2)cc1. The number of piperazine rings is 1. The topological polar surface area (TPSA) is 40.6 Å². The van der Waals surface area contributed by atoms with Gasteiger partial charge in [0.2, 0.25) is 0 Å². The number of anilines is 1. The molecule has 22 heavy (non-hydrogen) atoms. The van der Waals surface area contributed by atoms with Crippen LogP contribution in [0.15, 0.2) is 46.0 Å². The molecule has 1 aliphatic rings. The second kappa shape index (κ2) is 6.40. The molecule has 0 spiro atoms. The summed E-state index contributed by atoms with van der Waals surface area (Å²) in [6.07, 6.45) is 1.03. The lowest BCUT2D eigenvalue weighted by Gasteiger charge is -2.35. The zero-order chi connectivity index (χ0) is 15.6. The van der Waals surface area contributed by atoms with Crippen LogP contribution in [0.2, 0.25) is 0 Å². The Kier molecular flexibility index (Phi) is 4.52. The molecule has 6 heteroatoms. The third kappa shape index (κ3) is 3.04. The molecule has 0 unspecified atom stereocenters. The molecular formula is C16H20N2O2S2. The summed E-state index contributed by atoms with van der Waals surface area (Å²) in [5.41, 5.74) is 2.49. The standard InChI is InChI=1S/C16H20N2O2S2/c1-2-14-5-7-15(8-6-14)17-9-11-18(12-10-17)22(19,20)16-4-3-13-21-16/h3-8,13H,2,9-12H2,1H3. The highest BCUT2D eigenvalue weighted by molar-refractivity contribution is 7.91. The van der Waals surface area contributed by atoms with Crippen LogP contribution >= 0.6 is 11.3 Å². The highest BCUT2D eigenvalue weighted by atomic mass is 32.2. The van der Waals surface area contributed by atoms with Gasteiger partial charge in [-0.05, 0) is 35.6 Å². The summed E-state index contributed by atoms with van der Waals surface area (Å²) < 4.78 is 27.0. The van der Waals surface area contributed by atoms with Crippen LogP contribution in [0.5, 0.6) is 0 Å². The molecule has 0 saturated carbocycles. The van der Waals surface area contributed by atoms with Gasteiger partial charge in [-0.15, -0.1) is 11.3 Å². The van der Waals surface area contributed by atoms with Gasteiger partial charge in [-0.3, -0.25) is 0 Å². The molecule has 4 nitrogen and oxygen atoms in total. The van der Waals surface area contributed by atoms with Crippen molar-refractivity contribution in [3.8, 4) is 0 Å². The van der Waals surface area contributed by atoms with E-state index in [1.54, 1.807) is 21.8 Å². The van der Waals surface area contributed by atoms with Crippen molar-refractivity contribution >= 4 is 27.0 Å². The summed E-state index contributed by atoms with van der Waals surface area (Å²) in [6.45, 7) is 4.68. The number of benzene rings is 1. The van der Waals surface area contributed by atoms with Gasteiger partial charge in [0.05, 0.1) is 0 Å². The molecule has 2 heterocycles. The Labute approximate surface area is 136 Å². The zero-order valence-electron chi connectivity index (χ0n) is 12.6. The van der Waals surface area contributed by atoms with E-state index in [1.807, 2.05) is 0 Å². The van der Waals surface area contributed by atoms with Gasteiger partial charge < -0.3 is 4.90 Å². The minimum Gasteiger partial charge on any atom is -0.369 e. The molecule has 2 aromatic rings. The normalized spacial score (nSPS) is 16.9. The van der Waals surface area contributed by atoms with Crippen LogP contribution in [0.3, 0.4) is 0 Å². The Bertz CT molecular complexity index is 701. The van der Waals surface area contributed by atoms with E-state index >= 15 is 0 Å². The van der Waals surface area contributed by atoms with Crippen molar-refractivity contribution in [1.29, 1.82) is 0 Å². The maximum atomic E-state index is 12.5. The maximum Gasteiger partial charge on any atom is 0.252 e. The molecule has 0 bridgehead atoms. The maximum absolute atomic E-state index is 12.5. The minimum atomic E-state index is -3.31. The van der Waals surface area contributed by atoms with E-state index in [-0.39, 0.29) is 0 Å².